The molecule has 0 aliphatic heterocycles. The fourth-order valence-electron chi connectivity index (χ4n) is 1.47. The van der Waals surface area contributed by atoms with Gasteiger partial charge in [-0.15, -0.1) is 12.4 Å². The number of amides is 2. The van der Waals surface area contributed by atoms with Crippen LogP contribution in [0.2, 0.25) is 0 Å². The Balaban J connectivity index is 0.00000400. The number of halogens is 1. The number of nitrogens with one attached hydrogen (secondary N) is 3. The standard InChI is InChI=1S/C13H21N3O4.ClH/c1-10(16-13(18)11-3-7-20-9-11)12(17)15-5-4-14-6-8-19-2;/h3,7,9-10,14H,4-6,8H2,1-2H3,(H,15,17)(H,16,18);1H. The summed E-state index contributed by atoms with van der Waals surface area (Å²) in [6, 6.07) is 0.941. The molecule has 21 heavy (non-hydrogen) atoms. The van der Waals surface area contributed by atoms with Gasteiger partial charge < -0.3 is 25.1 Å². The summed E-state index contributed by atoms with van der Waals surface area (Å²) < 4.78 is 9.69. The number of furan rings is 1. The third kappa shape index (κ3) is 7.69. The molecule has 0 spiro atoms. The van der Waals surface area contributed by atoms with E-state index in [0.29, 0.717) is 25.3 Å². The second-order valence-electron chi connectivity index (χ2n) is 4.24. The number of hydrogen-bond donors (Lipinski definition) is 3. The molecule has 8 heteroatoms. The van der Waals surface area contributed by atoms with Crippen molar-refractivity contribution in [2.24, 2.45) is 0 Å². The largest absolute Gasteiger partial charge is 0.472 e. The lowest BCUT2D eigenvalue weighted by Gasteiger charge is -2.13. The molecule has 0 saturated heterocycles. The summed E-state index contributed by atoms with van der Waals surface area (Å²) in [6.45, 7) is 4.14. The zero-order valence-corrected chi connectivity index (χ0v) is 13.0. The van der Waals surface area contributed by atoms with Gasteiger partial charge in [-0.2, -0.15) is 0 Å². The Bertz CT molecular complexity index is 412. The number of ether oxygens (including phenoxy) is 1. The smallest absolute Gasteiger partial charge is 0.255 e. The van der Waals surface area contributed by atoms with Crippen molar-refractivity contribution >= 4 is 24.2 Å². The van der Waals surface area contributed by atoms with E-state index < -0.39 is 6.04 Å². The molecule has 1 aromatic rings. The number of carbonyl (C=O) groups excluding carboxylic acids is 2. The first-order chi connectivity index (χ1) is 9.65. The van der Waals surface area contributed by atoms with Crippen molar-refractivity contribution in [2.75, 3.05) is 33.4 Å². The van der Waals surface area contributed by atoms with Gasteiger partial charge in [-0.3, -0.25) is 9.59 Å². The van der Waals surface area contributed by atoms with Gasteiger partial charge in [-0.1, -0.05) is 0 Å². The Morgan fingerprint density at radius 3 is 2.71 bits per heavy atom. The van der Waals surface area contributed by atoms with Crippen molar-refractivity contribution in [3.05, 3.63) is 24.2 Å². The summed E-state index contributed by atoms with van der Waals surface area (Å²) in [4.78, 5) is 23.4. The van der Waals surface area contributed by atoms with E-state index in [0.717, 1.165) is 6.54 Å². The molecule has 120 valence electrons. The van der Waals surface area contributed by atoms with Gasteiger partial charge in [-0.05, 0) is 13.0 Å². The zero-order valence-electron chi connectivity index (χ0n) is 12.2. The Morgan fingerprint density at radius 1 is 1.33 bits per heavy atom. The second-order valence-corrected chi connectivity index (χ2v) is 4.24. The van der Waals surface area contributed by atoms with Crippen molar-refractivity contribution in [1.29, 1.82) is 0 Å². The van der Waals surface area contributed by atoms with Gasteiger partial charge in [0.15, 0.2) is 0 Å². The predicted octanol–water partition coefficient (Wildman–Crippen LogP) is 0.172. The van der Waals surface area contributed by atoms with Crippen LogP contribution in [0.15, 0.2) is 23.0 Å². The molecule has 0 saturated carbocycles. The van der Waals surface area contributed by atoms with Gasteiger partial charge in [0.1, 0.15) is 12.3 Å². The molecule has 1 unspecified atom stereocenters. The quantitative estimate of drug-likeness (QED) is 0.564. The van der Waals surface area contributed by atoms with E-state index in [9.17, 15) is 9.59 Å². The lowest BCUT2D eigenvalue weighted by molar-refractivity contribution is -0.122. The minimum atomic E-state index is -0.601. The molecule has 2 amide bonds. The molecular formula is C13H22ClN3O4. The molecule has 0 aliphatic carbocycles. The van der Waals surface area contributed by atoms with Crippen LogP contribution in [0.5, 0.6) is 0 Å². The fraction of sp³-hybridized carbons (Fsp3) is 0.538. The van der Waals surface area contributed by atoms with Crippen LogP contribution in [0.25, 0.3) is 0 Å². The molecule has 1 rings (SSSR count). The molecule has 0 aliphatic rings. The van der Waals surface area contributed by atoms with Crippen molar-refractivity contribution in [2.45, 2.75) is 13.0 Å². The summed E-state index contributed by atoms with van der Waals surface area (Å²) in [7, 11) is 1.63. The highest BCUT2D eigenvalue weighted by Crippen LogP contribution is 1.99. The van der Waals surface area contributed by atoms with E-state index >= 15 is 0 Å². The SMILES string of the molecule is COCCNCCNC(=O)C(C)NC(=O)c1ccoc1.Cl. The first-order valence-electron chi connectivity index (χ1n) is 6.45. The number of rotatable bonds is 9. The first kappa shape index (κ1) is 19.4. The monoisotopic (exact) mass is 319 g/mol. The van der Waals surface area contributed by atoms with Gasteiger partial charge in [0.25, 0.3) is 5.91 Å². The number of carbonyl (C=O) groups is 2. The van der Waals surface area contributed by atoms with Gasteiger partial charge in [0.2, 0.25) is 5.91 Å². The average molecular weight is 320 g/mol. The second kappa shape index (κ2) is 11.1. The highest BCUT2D eigenvalue weighted by atomic mass is 35.5. The molecular weight excluding hydrogens is 298 g/mol. The van der Waals surface area contributed by atoms with Crippen LogP contribution in [-0.4, -0.2) is 51.2 Å². The van der Waals surface area contributed by atoms with E-state index in [4.69, 9.17) is 9.15 Å². The van der Waals surface area contributed by atoms with E-state index in [2.05, 4.69) is 16.0 Å². The van der Waals surface area contributed by atoms with E-state index in [1.54, 1.807) is 20.1 Å². The minimum Gasteiger partial charge on any atom is -0.472 e. The molecule has 1 atom stereocenters. The summed E-state index contributed by atoms with van der Waals surface area (Å²) in [5.74, 6) is -0.560. The number of methoxy groups -OCH3 is 1. The minimum absolute atomic E-state index is 0. The lowest BCUT2D eigenvalue weighted by atomic mass is 10.2. The summed E-state index contributed by atoms with van der Waals surface area (Å²) in [5, 5.41) is 8.43. The Labute approximate surface area is 130 Å². The molecule has 1 aromatic heterocycles. The fourth-order valence-corrected chi connectivity index (χ4v) is 1.47. The molecule has 1 heterocycles. The van der Waals surface area contributed by atoms with Crippen molar-refractivity contribution < 1.29 is 18.7 Å². The van der Waals surface area contributed by atoms with E-state index in [1.807, 2.05) is 0 Å². The van der Waals surface area contributed by atoms with Crippen LogP contribution in [0.3, 0.4) is 0 Å². The lowest BCUT2D eigenvalue weighted by Crippen LogP contribution is -2.46. The third-order valence-corrected chi connectivity index (χ3v) is 2.61. The molecule has 0 fully saturated rings. The molecule has 3 N–H and O–H groups in total. The van der Waals surface area contributed by atoms with Gasteiger partial charge in [-0.25, -0.2) is 0 Å². The molecule has 7 nitrogen and oxygen atoms in total. The van der Waals surface area contributed by atoms with Crippen molar-refractivity contribution in [3.8, 4) is 0 Å². The maximum Gasteiger partial charge on any atom is 0.255 e. The van der Waals surface area contributed by atoms with Crippen LogP contribution in [0, 0.1) is 0 Å². The number of hydrogen-bond acceptors (Lipinski definition) is 5. The first-order valence-corrected chi connectivity index (χ1v) is 6.45. The molecule has 0 radical (unpaired) electrons. The highest BCUT2D eigenvalue weighted by molar-refractivity contribution is 5.97. The van der Waals surface area contributed by atoms with Crippen molar-refractivity contribution in [1.82, 2.24) is 16.0 Å². The molecule has 0 bridgehead atoms. The Hall–Kier alpha value is -1.57. The maximum atomic E-state index is 11.7. The Morgan fingerprint density at radius 2 is 2.10 bits per heavy atom. The molecule has 0 aromatic carbocycles. The van der Waals surface area contributed by atoms with Crippen LogP contribution in [0.1, 0.15) is 17.3 Å². The summed E-state index contributed by atoms with van der Waals surface area (Å²) in [6.07, 6.45) is 2.74. The van der Waals surface area contributed by atoms with Gasteiger partial charge in [0.05, 0.1) is 18.4 Å². The average Bonchev–Trinajstić information content (AvgIpc) is 2.96. The Kier molecular flexibility index (Phi) is 10.3. The van der Waals surface area contributed by atoms with Crippen LogP contribution in [0.4, 0.5) is 0 Å². The van der Waals surface area contributed by atoms with Gasteiger partial charge >= 0.3 is 0 Å². The normalized spacial score (nSPS) is 11.3. The van der Waals surface area contributed by atoms with Crippen LogP contribution in [-0.2, 0) is 9.53 Å². The topological polar surface area (TPSA) is 92.6 Å². The summed E-state index contributed by atoms with van der Waals surface area (Å²) in [5.41, 5.74) is 0.394. The van der Waals surface area contributed by atoms with Gasteiger partial charge in [0, 0.05) is 26.7 Å². The zero-order chi connectivity index (χ0) is 14.8. The van der Waals surface area contributed by atoms with Crippen LogP contribution >= 0.6 is 12.4 Å². The van der Waals surface area contributed by atoms with E-state index in [1.165, 1.54) is 12.5 Å². The highest BCUT2D eigenvalue weighted by Gasteiger charge is 2.16. The third-order valence-electron chi connectivity index (χ3n) is 2.61. The van der Waals surface area contributed by atoms with Crippen molar-refractivity contribution in [3.63, 3.8) is 0 Å². The summed E-state index contributed by atoms with van der Waals surface area (Å²) >= 11 is 0. The van der Waals surface area contributed by atoms with E-state index in [-0.39, 0.29) is 24.2 Å². The maximum absolute atomic E-state index is 11.7. The van der Waals surface area contributed by atoms with Crippen LogP contribution < -0.4 is 16.0 Å². The predicted molar refractivity (Wildman–Crippen MR) is 80.6 cm³/mol.